The van der Waals surface area contributed by atoms with Gasteiger partial charge in [0.2, 0.25) is 0 Å². The maximum absolute atomic E-state index is 8.68. The lowest BCUT2D eigenvalue weighted by molar-refractivity contribution is 0.235. The molecule has 0 bridgehead atoms. The van der Waals surface area contributed by atoms with Crippen molar-refractivity contribution < 1.29 is 10.4 Å². The van der Waals surface area contributed by atoms with Crippen LogP contribution in [0.4, 0.5) is 0 Å². The van der Waals surface area contributed by atoms with Crippen LogP contribution in [0, 0.1) is 11.3 Å². The molecule has 0 rings (SSSR count). The minimum atomic E-state index is -0.512. The van der Waals surface area contributed by atoms with Crippen molar-refractivity contribution >= 4 is 11.4 Å². The second kappa shape index (κ2) is 5.32. The van der Waals surface area contributed by atoms with Gasteiger partial charge in [0.15, 0.2) is 5.71 Å². The summed E-state index contributed by atoms with van der Waals surface area (Å²) in [7, 11) is 1.75. The third-order valence-corrected chi connectivity index (χ3v) is 2.63. The summed E-state index contributed by atoms with van der Waals surface area (Å²) in [5, 5.41) is 31.8. The summed E-state index contributed by atoms with van der Waals surface area (Å²) in [5.41, 5.74) is 0.0122. The van der Waals surface area contributed by atoms with Gasteiger partial charge in [-0.3, -0.25) is 4.90 Å². The molecule has 6 heteroatoms. The van der Waals surface area contributed by atoms with E-state index in [1.165, 1.54) is 0 Å². The van der Waals surface area contributed by atoms with Crippen LogP contribution in [0.3, 0.4) is 0 Å². The van der Waals surface area contributed by atoms with Crippen molar-refractivity contribution in [3.8, 4) is 6.07 Å². The number of rotatable bonds is 4. The molecule has 84 valence electrons. The summed E-state index contributed by atoms with van der Waals surface area (Å²) >= 11 is 0. The van der Waals surface area contributed by atoms with Crippen LogP contribution in [0.25, 0.3) is 0 Å². The van der Waals surface area contributed by atoms with Gasteiger partial charge in [0, 0.05) is 0 Å². The number of oxime groups is 2. The Balaban J connectivity index is 4.73. The highest BCUT2D eigenvalue weighted by Gasteiger charge is 2.28. The molecule has 0 saturated carbocycles. The summed E-state index contributed by atoms with van der Waals surface area (Å²) in [6.45, 7) is 5.55. The van der Waals surface area contributed by atoms with E-state index in [4.69, 9.17) is 15.7 Å². The van der Waals surface area contributed by atoms with Crippen molar-refractivity contribution in [3.63, 3.8) is 0 Å². The fraction of sp³-hybridized carbons (Fsp3) is 0.667. The molecule has 0 fully saturated rings. The molecule has 0 radical (unpaired) electrons. The quantitative estimate of drug-likeness (QED) is 0.411. The van der Waals surface area contributed by atoms with Gasteiger partial charge < -0.3 is 10.4 Å². The molecule has 0 unspecified atom stereocenters. The highest BCUT2D eigenvalue weighted by Crippen LogP contribution is 2.14. The van der Waals surface area contributed by atoms with E-state index in [0.29, 0.717) is 5.71 Å². The number of nitrogens with zero attached hydrogens (tertiary/aromatic N) is 4. The van der Waals surface area contributed by atoms with Gasteiger partial charge in [-0.25, -0.2) is 0 Å². The maximum atomic E-state index is 8.68. The zero-order valence-electron chi connectivity index (χ0n) is 9.39. The van der Waals surface area contributed by atoms with Crippen molar-refractivity contribution in [1.29, 1.82) is 5.26 Å². The first-order valence-corrected chi connectivity index (χ1v) is 4.41. The van der Waals surface area contributed by atoms with Crippen molar-refractivity contribution in [1.82, 2.24) is 4.90 Å². The first-order valence-electron chi connectivity index (χ1n) is 4.41. The Bertz CT molecular complexity index is 315. The van der Waals surface area contributed by atoms with E-state index in [1.54, 1.807) is 24.9 Å². The molecular formula is C9H16N4O2. The molecule has 0 aromatic carbocycles. The third-order valence-electron chi connectivity index (χ3n) is 2.63. The van der Waals surface area contributed by atoms with Crippen molar-refractivity contribution in [2.75, 3.05) is 13.6 Å². The lowest BCUT2D eigenvalue weighted by atomic mass is 9.97. The van der Waals surface area contributed by atoms with Gasteiger partial charge in [0.25, 0.3) is 0 Å². The number of hydrogen-bond donors (Lipinski definition) is 2. The lowest BCUT2D eigenvalue weighted by Crippen LogP contribution is -2.48. The largest absolute Gasteiger partial charge is 0.411 e. The summed E-state index contributed by atoms with van der Waals surface area (Å²) in [5.74, 6) is 0. The number of hydrogen-bond acceptors (Lipinski definition) is 6. The molecule has 0 aliphatic carbocycles. The van der Waals surface area contributed by atoms with Crippen LogP contribution in [-0.2, 0) is 0 Å². The van der Waals surface area contributed by atoms with E-state index in [1.807, 2.05) is 13.8 Å². The Morgan fingerprint density at radius 3 is 2.27 bits per heavy atom. The molecule has 6 nitrogen and oxygen atoms in total. The van der Waals surface area contributed by atoms with Crippen LogP contribution in [0.1, 0.15) is 20.8 Å². The third kappa shape index (κ3) is 3.22. The van der Waals surface area contributed by atoms with E-state index in [2.05, 4.69) is 10.3 Å². The second-order valence-corrected chi connectivity index (χ2v) is 3.76. The standard InChI is InChI=1S/C9H16N4O2/c1-7(11-14)9(2,3)13(4)6-8(5-10)12-15/h14-15H,6H2,1-4H3/b11-7-,12-8-. The average molecular weight is 212 g/mol. The summed E-state index contributed by atoms with van der Waals surface area (Å²) in [6.07, 6.45) is 0. The molecule has 0 atom stereocenters. The van der Waals surface area contributed by atoms with Crippen molar-refractivity contribution in [2.45, 2.75) is 26.3 Å². The molecule has 15 heavy (non-hydrogen) atoms. The SMILES string of the molecule is C/C(=N/O)C(C)(C)N(C)C/C(C#N)=N\O. The van der Waals surface area contributed by atoms with E-state index < -0.39 is 5.54 Å². The van der Waals surface area contributed by atoms with E-state index >= 15 is 0 Å². The van der Waals surface area contributed by atoms with Gasteiger partial charge >= 0.3 is 0 Å². The van der Waals surface area contributed by atoms with Gasteiger partial charge in [0.1, 0.15) is 6.07 Å². The first kappa shape index (κ1) is 13.4. The van der Waals surface area contributed by atoms with Crippen LogP contribution >= 0.6 is 0 Å². The van der Waals surface area contributed by atoms with Gasteiger partial charge in [-0.1, -0.05) is 10.3 Å². The maximum Gasteiger partial charge on any atom is 0.170 e. The Morgan fingerprint density at radius 2 is 1.93 bits per heavy atom. The van der Waals surface area contributed by atoms with Crippen molar-refractivity contribution in [2.24, 2.45) is 10.3 Å². The lowest BCUT2D eigenvalue weighted by Gasteiger charge is -2.34. The van der Waals surface area contributed by atoms with E-state index in [-0.39, 0.29) is 12.3 Å². The van der Waals surface area contributed by atoms with E-state index in [0.717, 1.165) is 0 Å². The van der Waals surface area contributed by atoms with Crippen LogP contribution in [0.15, 0.2) is 10.3 Å². The van der Waals surface area contributed by atoms with Gasteiger partial charge in [-0.05, 0) is 27.8 Å². The molecule has 0 aliphatic rings. The molecule has 0 aromatic rings. The Kier molecular flexibility index (Phi) is 4.74. The topological polar surface area (TPSA) is 92.2 Å². The summed E-state index contributed by atoms with van der Waals surface area (Å²) < 4.78 is 0. The minimum Gasteiger partial charge on any atom is -0.411 e. The normalized spacial score (nSPS) is 14.1. The van der Waals surface area contributed by atoms with Gasteiger partial charge in [0.05, 0.1) is 17.8 Å². The fourth-order valence-electron chi connectivity index (χ4n) is 0.910. The summed E-state index contributed by atoms with van der Waals surface area (Å²) in [4.78, 5) is 1.75. The predicted molar refractivity (Wildman–Crippen MR) is 56.4 cm³/mol. The zero-order valence-corrected chi connectivity index (χ0v) is 9.39. The fourth-order valence-corrected chi connectivity index (χ4v) is 0.910. The Labute approximate surface area is 89.1 Å². The second-order valence-electron chi connectivity index (χ2n) is 3.76. The smallest absolute Gasteiger partial charge is 0.170 e. The molecule has 0 saturated heterocycles. The molecule has 2 N–H and O–H groups in total. The Morgan fingerprint density at radius 1 is 1.40 bits per heavy atom. The molecule has 0 heterocycles. The summed E-state index contributed by atoms with van der Waals surface area (Å²) in [6, 6.07) is 1.77. The molecule has 0 aromatic heterocycles. The first-order chi connectivity index (χ1) is 6.89. The highest BCUT2D eigenvalue weighted by molar-refractivity contribution is 6.00. The van der Waals surface area contributed by atoms with E-state index in [9.17, 15) is 0 Å². The van der Waals surface area contributed by atoms with Crippen LogP contribution < -0.4 is 0 Å². The van der Waals surface area contributed by atoms with Crippen LogP contribution in [0.5, 0.6) is 0 Å². The molecule has 0 spiro atoms. The number of nitriles is 1. The molecule has 0 amide bonds. The minimum absolute atomic E-state index is 0.0105. The predicted octanol–water partition coefficient (Wildman–Crippen LogP) is 0.901. The van der Waals surface area contributed by atoms with Gasteiger partial charge in [-0.15, -0.1) is 0 Å². The monoisotopic (exact) mass is 212 g/mol. The van der Waals surface area contributed by atoms with Gasteiger partial charge in [-0.2, -0.15) is 5.26 Å². The van der Waals surface area contributed by atoms with Crippen molar-refractivity contribution in [3.05, 3.63) is 0 Å². The molecule has 0 aliphatic heterocycles. The highest BCUT2D eigenvalue weighted by atomic mass is 16.4. The van der Waals surface area contributed by atoms with Crippen LogP contribution in [0.2, 0.25) is 0 Å². The zero-order chi connectivity index (χ0) is 12.1. The Hall–Kier alpha value is -1.61. The average Bonchev–Trinajstić information content (AvgIpc) is 2.23. The van der Waals surface area contributed by atoms with Crippen LogP contribution in [-0.4, -0.2) is 45.9 Å². The molecular weight excluding hydrogens is 196 g/mol.